The molecule has 0 amide bonds. The van der Waals surface area contributed by atoms with Crippen LogP contribution in [0.5, 0.6) is 0 Å². The lowest BCUT2D eigenvalue weighted by molar-refractivity contribution is 0.142. The first-order valence-corrected chi connectivity index (χ1v) is 9.99. The molecule has 0 spiro atoms. The van der Waals surface area contributed by atoms with Crippen molar-refractivity contribution in [3.05, 3.63) is 35.6 Å². The maximum absolute atomic E-state index is 12.9. The Balaban J connectivity index is 1.38. The van der Waals surface area contributed by atoms with E-state index in [4.69, 9.17) is 0 Å². The van der Waals surface area contributed by atoms with E-state index in [0.717, 1.165) is 30.1 Å². The average Bonchev–Trinajstić information content (AvgIpc) is 2.62. The van der Waals surface area contributed by atoms with Crippen LogP contribution in [0.15, 0.2) is 24.3 Å². The molecule has 0 N–H and O–H groups in total. The van der Waals surface area contributed by atoms with Crippen molar-refractivity contribution in [3.63, 3.8) is 0 Å². The molecule has 2 fully saturated rings. The van der Waals surface area contributed by atoms with Gasteiger partial charge in [-0.1, -0.05) is 51.2 Å². The lowest BCUT2D eigenvalue weighted by Crippen LogP contribution is -2.25. The second kappa shape index (κ2) is 8.31. The quantitative estimate of drug-likeness (QED) is 0.561. The van der Waals surface area contributed by atoms with Crippen molar-refractivity contribution < 1.29 is 4.39 Å². The van der Waals surface area contributed by atoms with Gasteiger partial charge in [0.1, 0.15) is 5.82 Å². The Morgan fingerprint density at radius 3 is 1.83 bits per heavy atom. The van der Waals surface area contributed by atoms with Crippen LogP contribution >= 0.6 is 0 Å². The monoisotopic (exact) mass is 316 g/mol. The highest BCUT2D eigenvalue weighted by Gasteiger charge is 2.30. The molecule has 0 saturated heterocycles. The molecule has 0 aromatic heterocycles. The van der Waals surface area contributed by atoms with Crippen LogP contribution in [-0.4, -0.2) is 0 Å². The zero-order chi connectivity index (χ0) is 16.1. The van der Waals surface area contributed by atoms with E-state index < -0.39 is 0 Å². The van der Waals surface area contributed by atoms with Gasteiger partial charge in [0.2, 0.25) is 0 Å². The maximum atomic E-state index is 12.9. The molecule has 3 rings (SSSR count). The van der Waals surface area contributed by atoms with E-state index in [1.165, 1.54) is 69.8 Å². The Morgan fingerprint density at radius 1 is 0.783 bits per heavy atom. The topological polar surface area (TPSA) is 0 Å². The normalized spacial score (nSPS) is 31.9. The molecule has 1 aromatic rings. The van der Waals surface area contributed by atoms with Crippen LogP contribution in [0.2, 0.25) is 0 Å². The predicted octanol–water partition coefficient (Wildman–Crippen LogP) is 6.78. The predicted molar refractivity (Wildman–Crippen MR) is 95.9 cm³/mol. The van der Waals surface area contributed by atoms with Gasteiger partial charge in [0.05, 0.1) is 0 Å². The van der Waals surface area contributed by atoms with E-state index in [2.05, 4.69) is 6.92 Å². The van der Waals surface area contributed by atoms with Crippen molar-refractivity contribution in [2.75, 3.05) is 0 Å². The van der Waals surface area contributed by atoms with Gasteiger partial charge in [-0.25, -0.2) is 4.39 Å². The molecular formula is C22H33F. The zero-order valence-electron chi connectivity index (χ0n) is 14.8. The Bertz CT molecular complexity index is 447. The Kier molecular flexibility index (Phi) is 6.14. The minimum atomic E-state index is -0.118. The van der Waals surface area contributed by atoms with E-state index >= 15 is 0 Å². The van der Waals surface area contributed by atoms with Gasteiger partial charge in [-0.3, -0.25) is 0 Å². The number of halogens is 1. The number of benzene rings is 1. The van der Waals surface area contributed by atoms with Crippen molar-refractivity contribution >= 4 is 0 Å². The van der Waals surface area contributed by atoms with E-state index in [1.807, 2.05) is 12.1 Å². The summed E-state index contributed by atoms with van der Waals surface area (Å²) < 4.78 is 12.9. The number of rotatable bonds is 5. The summed E-state index contributed by atoms with van der Waals surface area (Å²) in [6.45, 7) is 2.36. The fourth-order valence-corrected chi connectivity index (χ4v) is 5.04. The smallest absolute Gasteiger partial charge is 0.123 e. The summed E-state index contributed by atoms with van der Waals surface area (Å²) in [4.78, 5) is 0. The zero-order valence-corrected chi connectivity index (χ0v) is 14.8. The molecule has 2 aliphatic carbocycles. The van der Waals surface area contributed by atoms with Crippen LogP contribution in [0.1, 0.15) is 76.7 Å². The summed E-state index contributed by atoms with van der Waals surface area (Å²) in [5.41, 5.74) is 1.30. The first kappa shape index (κ1) is 17.0. The van der Waals surface area contributed by atoms with E-state index in [1.54, 1.807) is 12.1 Å². The summed E-state index contributed by atoms with van der Waals surface area (Å²) in [5, 5.41) is 0. The molecule has 0 bridgehead atoms. The number of aryl methyl sites for hydroxylation is 1. The second-order valence-corrected chi connectivity index (χ2v) is 8.14. The van der Waals surface area contributed by atoms with Crippen molar-refractivity contribution in [3.8, 4) is 0 Å². The highest BCUT2D eigenvalue weighted by Crippen LogP contribution is 2.42. The lowest BCUT2D eigenvalue weighted by atomic mass is 9.68. The second-order valence-electron chi connectivity index (χ2n) is 8.14. The molecule has 1 heteroatoms. The Labute approximate surface area is 141 Å². The Hall–Kier alpha value is -0.850. The standard InChI is InChI=1S/C22H33F/c1-2-17-5-11-20(12-6-17)21-13-7-18(8-14-21)3-4-19-9-15-22(23)16-10-19/h9-10,15-18,20-21H,2-8,11-14H2,1H3/t17-,18-,20-,21-. The van der Waals surface area contributed by atoms with Gasteiger partial charge >= 0.3 is 0 Å². The molecule has 0 atom stereocenters. The highest BCUT2D eigenvalue weighted by molar-refractivity contribution is 5.16. The van der Waals surface area contributed by atoms with Gasteiger partial charge < -0.3 is 0 Å². The van der Waals surface area contributed by atoms with Gasteiger partial charge in [0.15, 0.2) is 0 Å². The van der Waals surface area contributed by atoms with Crippen LogP contribution in [0.25, 0.3) is 0 Å². The maximum Gasteiger partial charge on any atom is 0.123 e. The molecule has 128 valence electrons. The summed E-state index contributed by atoms with van der Waals surface area (Å²) in [6.07, 6.45) is 15.6. The summed E-state index contributed by atoms with van der Waals surface area (Å²) in [6, 6.07) is 7.10. The molecule has 23 heavy (non-hydrogen) atoms. The summed E-state index contributed by atoms with van der Waals surface area (Å²) >= 11 is 0. The van der Waals surface area contributed by atoms with Crippen LogP contribution in [0.4, 0.5) is 4.39 Å². The minimum Gasteiger partial charge on any atom is -0.207 e. The van der Waals surface area contributed by atoms with Gasteiger partial charge in [0, 0.05) is 0 Å². The van der Waals surface area contributed by atoms with Gasteiger partial charge in [-0.2, -0.15) is 0 Å². The van der Waals surface area contributed by atoms with Gasteiger partial charge in [0.25, 0.3) is 0 Å². The largest absolute Gasteiger partial charge is 0.207 e. The van der Waals surface area contributed by atoms with Crippen LogP contribution in [-0.2, 0) is 6.42 Å². The van der Waals surface area contributed by atoms with Gasteiger partial charge in [-0.15, -0.1) is 0 Å². The van der Waals surface area contributed by atoms with Gasteiger partial charge in [-0.05, 0) is 79.9 Å². The molecule has 2 saturated carbocycles. The molecule has 0 nitrogen and oxygen atoms in total. The van der Waals surface area contributed by atoms with Crippen molar-refractivity contribution in [1.82, 2.24) is 0 Å². The Morgan fingerprint density at radius 2 is 1.30 bits per heavy atom. The first-order chi connectivity index (χ1) is 11.2. The number of hydrogen-bond donors (Lipinski definition) is 0. The third-order valence-electron chi connectivity index (χ3n) is 6.78. The summed E-state index contributed by atoms with van der Waals surface area (Å²) in [7, 11) is 0. The van der Waals surface area contributed by atoms with Crippen molar-refractivity contribution in [2.24, 2.45) is 23.7 Å². The average molecular weight is 317 g/mol. The van der Waals surface area contributed by atoms with Crippen LogP contribution < -0.4 is 0 Å². The number of hydrogen-bond acceptors (Lipinski definition) is 0. The lowest BCUT2D eigenvalue weighted by Gasteiger charge is -2.37. The molecule has 1 aromatic carbocycles. The highest BCUT2D eigenvalue weighted by atomic mass is 19.1. The van der Waals surface area contributed by atoms with Crippen LogP contribution in [0.3, 0.4) is 0 Å². The van der Waals surface area contributed by atoms with Crippen molar-refractivity contribution in [2.45, 2.75) is 77.6 Å². The molecule has 2 aliphatic rings. The fourth-order valence-electron chi connectivity index (χ4n) is 5.04. The molecular weight excluding hydrogens is 283 g/mol. The fraction of sp³-hybridized carbons (Fsp3) is 0.727. The van der Waals surface area contributed by atoms with E-state index in [0.29, 0.717) is 0 Å². The molecule has 0 radical (unpaired) electrons. The van der Waals surface area contributed by atoms with E-state index in [-0.39, 0.29) is 5.82 Å². The summed E-state index contributed by atoms with van der Waals surface area (Å²) in [5.74, 6) is 3.87. The van der Waals surface area contributed by atoms with Crippen molar-refractivity contribution in [1.29, 1.82) is 0 Å². The minimum absolute atomic E-state index is 0.118. The SMILES string of the molecule is CC[C@H]1CC[C@H]([C@H]2CC[C@H](CCc3ccc(F)cc3)CC2)CC1. The van der Waals surface area contributed by atoms with Crippen LogP contribution in [0, 0.1) is 29.5 Å². The third kappa shape index (κ3) is 4.81. The molecule has 0 heterocycles. The van der Waals surface area contributed by atoms with E-state index in [9.17, 15) is 4.39 Å². The first-order valence-electron chi connectivity index (χ1n) is 9.99. The molecule has 0 unspecified atom stereocenters. The molecule has 0 aliphatic heterocycles. The third-order valence-corrected chi connectivity index (χ3v) is 6.78.